The van der Waals surface area contributed by atoms with Gasteiger partial charge in [-0.2, -0.15) is 0 Å². The molecule has 0 atom stereocenters. The Morgan fingerprint density at radius 2 is 1.54 bits per heavy atom. The van der Waals surface area contributed by atoms with E-state index >= 15 is 0 Å². The number of hydrogen-bond donors (Lipinski definition) is 0. The van der Waals surface area contributed by atoms with E-state index in [2.05, 4.69) is 16.0 Å². The van der Waals surface area contributed by atoms with E-state index in [1.54, 1.807) is 0 Å². The zero-order valence-corrected chi connectivity index (χ0v) is 15.9. The van der Waals surface area contributed by atoms with Crippen LogP contribution in [0.25, 0.3) is 0 Å². The number of benzene rings is 1. The van der Waals surface area contributed by atoms with Crippen LogP contribution in [-0.2, 0) is 0 Å². The third kappa shape index (κ3) is 3.97. The van der Waals surface area contributed by atoms with Crippen LogP contribution in [0.4, 0.5) is 0 Å². The van der Waals surface area contributed by atoms with Crippen LogP contribution in [0, 0.1) is 5.92 Å². The van der Waals surface area contributed by atoms with Gasteiger partial charge in [-0.3, -0.25) is 4.79 Å². The lowest BCUT2D eigenvalue weighted by atomic mass is 9.85. The molecule has 4 rings (SSSR count). The molecular formula is C23H32N2O. The van der Waals surface area contributed by atoms with Crippen molar-refractivity contribution in [3.63, 3.8) is 0 Å². The van der Waals surface area contributed by atoms with Gasteiger partial charge < -0.3 is 9.80 Å². The number of allylic oxidation sites excluding steroid dienone is 1. The Morgan fingerprint density at radius 3 is 2.23 bits per heavy atom. The van der Waals surface area contributed by atoms with Crippen molar-refractivity contribution in [2.45, 2.75) is 70.3 Å². The van der Waals surface area contributed by atoms with Crippen molar-refractivity contribution < 1.29 is 4.79 Å². The molecular weight excluding hydrogens is 320 g/mol. The highest BCUT2D eigenvalue weighted by molar-refractivity contribution is 5.97. The monoisotopic (exact) mass is 352 g/mol. The lowest BCUT2D eigenvalue weighted by Gasteiger charge is -2.38. The number of carbonyl (C=O) groups is 1. The summed E-state index contributed by atoms with van der Waals surface area (Å²) in [4.78, 5) is 17.6. The van der Waals surface area contributed by atoms with Crippen LogP contribution < -0.4 is 0 Å². The van der Waals surface area contributed by atoms with Crippen LogP contribution in [0.15, 0.2) is 42.2 Å². The molecule has 26 heavy (non-hydrogen) atoms. The molecule has 0 spiro atoms. The second-order valence-corrected chi connectivity index (χ2v) is 8.33. The second kappa shape index (κ2) is 8.28. The summed E-state index contributed by atoms with van der Waals surface area (Å²) in [6.07, 6.45) is 15.9. The zero-order chi connectivity index (χ0) is 17.8. The van der Waals surface area contributed by atoms with Crippen LogP contribution in [0.2, 0.25) is 0 Å². The molecule has 0 N–H and O–H groups in total. The molecule has 1 aromatic rings. The zero-order valence-electron chi connectivity index (χ0n) is 15.9. The van der Waals surface area contributed by atoms with Crippen molar-refractivity contribution in [3.8, 4) is 0 Å². The molecule has 3 aliphatic rings. The van der Waals surface area contributed by atoms with Crippen molar-refractivity contribution in [1.82, 2.24) is 9.80 Å². The average Bonchev–Trinajstić information content (AvgIpc) is 3.14. The molecule has 0 bridgehead atoms. The lowest BCUT2D eigenvalue weighted by molar-refractivity contribution is 0.0921. The number of nitrogens with zero attached hydrogens (tertiary/aromatic N) is 2. The summed E-state index contributed by atoms with van der Waals surface area (Å²) in [7, 11) is 0. The molecule has 1 heterocycles. The predicted octanol–water partition coefficient (Wildman–Crippen LogP) is 5.20. The van der Waals surface area contributed by atoms with Gasteiger partial charge in [0.15, 0.2) is 5.78 Å². The second-order valence-electron chi connectivity index (χ2n) is 8.33. The van der Waals surface area contributed by atoms with E-state index in [0.29, 0.717) is 18.5 Å². The van der Waals surface area contributed by atoms with Crippen molar-refractivity contribution in [2.24, 2.45) is 5.92 Å². The van der Waals surface area contributed by atoms with Gasteiger partial charge in [-0.1, -0.05) is 68.9 Å². The Morgan fingerprint density at radius 1 is 0.885 bits per heavy atom. The topological polar surface area (TPSA) is 23.6 Å². The van der Waals surface area contributed by atoms with Gasteiger partial charge in [-0.05, 0) is 25.7 Å². The molecule has 3 nitrogen and oxygen atoms in total. The maximum atomic E-state index is 12.7. The largest absolute Gasteiger partial charge is 0.353 e. The third-order valence-electron chi connectivity index (χ3n) is 6.46. The molecule has 0 unspecified atom stereocenters. The number of carbonyl (C=O) groups excluding carboxylic acids is 1. The average molecular weight is 353 g/mol. The SMILES string of the molecule is O=C(CN1C=C(C2CCCCC2)N(C2CCCCC2)C1)c1ccccc1. The van der Waals surface area contributed by atoms with Gasteiger partial charge in [0.2, 0.25) is 0 Å². The van der Waals surface area contributed by atoms with Crippen LogP contribution in [0.3, 0.4) is 0 Å². The molecule has 0 amide bonds. The van der Waals surface area contributed by atoms with Crippen LogP contribution >= 0.6 is 0 Å². The summed E-state index contributed by atoms with van der Waals surface area (Å²) >= 11 is 0. The molecule has 2 saturated carbocycles. The number of hydrogen-bond acceptors (Lipinski definition) is 3. The molecule has 0 aromatic heterocycles. The highest BCUT2D eigenvalue weighted by atomic mass is 16.1. The summed E-state index contributed by atoms with van der Waals surface area (Å²) in [6, 6.07) is 10.4. The summed E-state index contributed by atoms with van der Waals surface area (Å²) in [5.74, 6) is 0.942. The van der Waals surface area contributed by atoms with Crippen molar-refractivity contribution in [2.75, 3.05) is 13.2 Å². The lowest BCUT2D eigenvalue weighted by Crippen LogP contribution is -2.40. The number of rotatable bonds is 5. The fourth-order valence-corrected chi connectivity index (χ4v) is 5.03. The van der Waals surface area contributed by atoms with Gasteiger partial charge in [0, 0.05) is 29.4 Å². The van der Waals surface area contributed by atoms with E-state index in [9.17, 15) is 4.79 Å². The Balaban J connectivity index is 1.48. The van der Waals surface area contributed by atoms with E-state index < -0.39 is 0 Å². The standard InChI is InChI=1S/C23H32N2O/c26-23(20-12-6-2-7-13-20)17-24-16-22(19-10-4-1-5-11-19)25(18-24)21-14-8-3-9-15-21/h2,6-7,12-13,16,19,21H,1,3-5,8-11,14-15,17-18H2. The summed E-state index contributed by atoms with van der Waals surface area (Å²) in [6.45, 7) is 1.42. The Bertz CT molecular complexity index is 627. The van der Waals surface area contributed by atoms with Gasteiger partial charge in [-0.25, -0.2) is 0 Å². The normalized spacial score (nSPS) is 22.5. The summed E-state index contributed by atoms with van der Waals surface area (Å²) in [5, 5.41) is 0. The van der Waals surface area contributed by atoms with Gasteiger partial charge in [0.05, 0.1) is 13.2 Å². The first-order chi connectivity index (χ1) is 12.8. The molecule has 1 aliphatic heterocycles. The fraction of sp³-hybridized carbons (Fsp3) is 0.609. The van der Waals surface area contributed by atoms with Gasteiger partial charge in [0.1, 0.15) is 0 Å². The highest BCUT2D eigenvalue weighted by Crippen LogP contribution is 2.38. The third-order valence-corrected chi connectivity index (χ3v) is 6.46. The summed E-state index contributed by atoms with van der Waals surface area (Å²) < 4.78 is 0. The smallest absolute Gasteiger partial charge is 0.182 e. The molecule has 1 aromatic carbocycles. The van der Waals surface area contributed by atoms with Gasteiger partial charge in [-0.15, -0.1) is 0 Å². The quantitative estimate of drug-likeness (QED) is 0.681. The van der Waals surface area contributed by atoms with E-state index in [-0.39, 0.29) is 5.78 Å². The fourth-order valence-electron chi connectivity index (χ4n) is 5.03. The predicted molar refractivity (Wildman–Crippen MR) is 106 cm³/mol. The minimum absolute atomic E-state index is 0.232. The van der Waals surface area contributed by atoms with Gasteiger partial charge >= 0.3 is 0 Å². The van der Waals surface area contributed by atoms with E-state index in [4.69, 9.17) is 0 Å². The first-order valence-electron chi connectivity index (χ1n) is 10.6. The van der Waals surface area contributed by atoms with E-state index in [1.807, 2.05) is 30.3 Å². The van der Waals surface area contributed by atoms with Crippen molar-refractivity contribution in [1.29, 1.82) is 0 Å². The van der Waals surface area contributed by atoms with E-state index in [1.165, 1.54) is 69.9 Å². The van der Waals surface area contributed by atoms with Crippen LogP contribution in [-0.4, -0.2) is 34.8 Å². The summed E-state index contributed by atoms with van der Waals surface area (Å²) in [5.41, 5.74) is 2.37. The number of ketones is 1. The van der Waals surface area contributed by atoms with Crippen molar-refractivity contribution in [3.05, 3.63) is 47.8 Å². The number of Topliss-reactive ketones (excluding diaryl/α,β-unsaturated/α-hetero) is 1. The van der Waals surface area contributed by atoms with Crippen molar-refractivity contribution >= 4 is 5.78 Å². The molecule has 0 radical (unpaired) electrons. The molecule has 2 aliphatic carbocycles. The first-order valence-corrected chi connectivity index (χ1v) is 10.6. The maximum absolute atomic E-state index is 12.7. The Kier molecular flexibility index (Phi) is 5.62. The minimum Gasteiger partial charge on any atom is -0.353 e. The van der Waals surface area contributed by atoms with Crippen LogP contribution in [0.5, 0.6) is 0 Å². The highest BCUT2D eigenvalue weighted by Gasteiger charge is 2.33. The molecule has 140 valence electrons. The first kappa shape index (κ1) is 17.6. The Labute approximate surface area is 158 Å². The van der Waals surface area contributed by atoms with Crippen LogP contribution in [0.1, 0.15) is 74.6 Å². The molecule has 3 heteroatoms. The van der Waals surface area contributed by atoms with E-state index in [0.717, 1.165) is 12.2 Å². The Hall–Kier alpha value is -1.77. The molecule has 0 saturated heterocycles. The minimum atomic E-state index is 0.232. The molecule has 2 fully saturated rings. The maximum Gasteiger partial charge on any atom is 0.182 e. The van der Waals surface area contributed by atoms with Gasteiger partial charge in [0.25, 0.3) is 0 Å².